The number of amides is 1. The Morgan fingerprint density at radius 2 is 1.81 bits per heavy atom. The fourth-order valence-electron chi connectivity index (χ4n) is 4.18. The SMILES string of the molecule is CCCCOc1ccc([C@@H]2/C(=C(\O)c3ccc(OCC)cc3)C(=O)C(=O)N2c2cc(C)on2)cc1OC. The summed E-state index contributed by atoms with van der Waals surface area (Å²) in [4.78, 5) is 27.8. The van der Waals surface area contributed by atoms with Gasteiger partial charge in [-0.05, 0) is 62.2 Å². The van der Waals surface area contributed by atoms with E-state index >= 15 is 0 Å². The van der Waals surface area contributed by atoms with Crippen LogP contribution >= 0.6 is 0 Å². The number of benzene rings is 2. The number of carbonyl (C=O) groups is 2. The Hall–Kier alpha value is -4.27. The molecule has 194 valence electrons. The average molecular weight is 507 g/mol. The van der Waals surface area contributed by atoms with E-state index in [1.54, 1.807) is 55.5 Å². The molecule has 1 aliphatic rings. The highest BCUT2D eigenvalue weighted by molar-refractivity contribution is 6.51. The number of aliphatic hydroxyl groups excluding tert-OH is 1. The molecule has 1 saturated heterocycles. The first-order valence-corrected chi connectivity index (χ1v) is 12.2. The standard InChI is InChI=1S/C28H30N2O7/c1-5-7-14-36-21-13-10-19(16-22(21)34-4)25-24(26(31)18-8-11-20(12-9-18)35-6-2)27(32)28(33)30(25)23-15-17(3)37-29-23/h8-13,15-16,25,31H,5-7,14H2,1-4H3/b26-24+/t25-/m1/s1. The molecule has 1 fully saturated rings. The van der Waals surface area contributed by atoms with Crippen molar-refractivity contribution < 1.29 is 33.4 Å². The van der Waals surface area contributed by atoms with Crippen LogP contribution in [0.2, 0.25) is 0 Å². The maximum absolute atomic E-state index is 13.3. The summed E-state index contributed by atoms with van der Waals surface area (Å²) >= 11 is 0. The molecule has 2 heterocycles. The molecular formula is C28H30N2O7. The van der Waals surface area contributed by atoms with Crippen LogP contribution in [-0.2, 0) is 9.59 Å². The number of hydrogen-bond acceptors (Lipinski definition) is 8. The second-order valence-electron chi connectivity index (χ2n) is 8.53. The van der Waals surface area contributed by atoms with Gasteiger partial charge in [0.2, 0.25) is 0 Å². The fraction of sp³-hybridized carbons (Fsp3) is 0.321. The van der Waals surface area contributed by atoms with Gasteiger partial charge in [0.15, 0.2) is 17.3 Å². The summed E-state index contributed by atoms with van der Waals surface area (Å²) in [5.41, 5.74) is 0.831. The van der Waals surface area contributed by atoms with Crippen molar-refractivity contribution in [1.82, 2.24) is 5.16 Å². The third-order valence-electron chi connectivity index (χ3n) is 6.00. The lowest BCUT2D eigenvalue weighted by Gasteiger charge is -2.24. The van der Waals surface area contributed by atoms with Gasteiger partial charge in [-0.25, -0.2) is 0 Å². The number of aliphatic hydroxyl groups is 1. The highest BCUT2D eigenvalue weighted by Gasteiger charge is 2.48. The zero-order valence-corrected chi connectivity index (χ0v) is 21.3. The van der Waals surface area contributed by atoms with E-state index in [4.69, 9.17) is 18.7 Å². The Balaban J connectivity index is 1.84. The minimum Gasteiger partial charge on any atom is -0.507 e. The fourth-order valence-corrected chi connectivity index (χ4v) is 4.18. The van der Waals surface area contributed by atoms with Crippen molar-refractivity contribution in [3.63, 3.8) is 0 Å². The van der Waals surface area contributed by atoms with Crippen LogP contribution in [0.4, 0.5) is 5.82 Å². The van der Waals surface area contributed by atoms with Gasteiger partial charge in [0.25, 0.3) is 5.78 Å². The second kappa shape index (κ2) is 11.2. The number of aromatic nitrogens is 1. The molecule has 4 rings (SSSR count). The quantitative estimate of drug-likeness (QED) is 0.173. The normalized spacial score (nSPS) is 16.8. The highest BCUT2D eigenvalue weighted by Crippen LogP contribution is 2.44. The Morgan fingerprint density at radius 3 is 2.43 bits per heavy atom. The zero-order chi connectivity index (χ0) is 26.5. The van der Waals surface area contributed by atoms with Gasteiger partial charge in [-0.3, -0.25) is 14.5 Å². The molecule has 1 amide bonds. The van der Waals surface area contributed by atoms with Crippen LogP contribution in [-0.4, -0.2) is 42.3 Å². The maximum Gasteiger partial charge on any atom is 0.301 e. The minimum atomic E-state index is -0.977. The molecule has 0 bridgehead atoms. The van der Waals surface area contributed by atoms with Crippen molar-refractivity contribution >= 4 is 23.3 Å². The van der Waals surface area contributed by atoms with Gasteiger partial charge in [0.05, 0.1) is 31.9 Å². The van der Waals surface area contributed by atoms with Gasteiger partial charge in [-0.15, -0.1) is 0 Å². The van der Waals surface area contributed by atoms with E-state index in [9.17, 15) is 14.7 Å². The van der Waals surface area contributed by atoms with Crippen molar-refractivity contribution in [3.05, 3.63) is 71.0 Å². The number of unbranched alkanes of at least 4 members (excludes halogenated alkanes) is 1. The lowest BCUT2D eigenvalue weighted by atomic mass is 9.95. The molecule has 0 radical (unpaired) electrons. The van der Waals surface area contributed by atoms with E-state index in [-0.39, 0.29) is 17.2 Å². The topological polar surface area (TPSA) is 111 Å². The van der Waals surface area contributed by atoms with Crippen LogP contribution in [0.5, 0.6) is 17.2 Å². The summed E-state index contributed by atoms with van der Waals surface area (Å²) in [5, 5.41) is 15.3. The van der Waals surface area contributed by atoms with E-state index < -0.39 is 17.7 Å². The molecule has 1 atom stereocenters. The van der Waals surface area contributed by atoms with Gasteiger partial charge >= 0.3 is 5.91 Å². The van der Waals surface area contributed by atoms with Crippen molar-refractivity contribution in [2.75, 3.05) is 25.2 Å². The number of anilines is 1. The van der Waals surface area contributed by atoms with Gasteiger partial charge in [0.1, 0.15) is 17.3 Å². The average Bonchev–Trinajstić information content (AvgIpc) is 3.44. The van der Waals surface area contributed by atoms with Crippen LogP contribution in [0.1, 0.15) is 49.6 Å². The molecular weight excluding hydrogens is 476 g/mol. The molecule has 1 aliphatic heterocycles. The van der Waals surface area contributed by atoms with Crippen LogP contribution in [0.3, 0.4) is 0 Å². The molecule has 0 unspecified atom stereocenters. The van der Waals surface area contributed by atoms with E-state index in [1.807, 2.05) is 6.92 Å². The lowest BCUT2D eigenvalue weighted by Crippen LogP contribution is -2.29. The summed E-state index contributed by atoms with van der Waals surface area (Å²) in [6, 6.07) is 12.4. The van der Waals surface area contributed by atoms with Gasteiger partial charge in [-0.2, -0.15) is 0 Å². The zero-order valence-electron chi connectivity index (χ0n) is 21.3. The number of ketones is 1. The van der Waals surface area contributed by atoms with Crippen LogP contribution in [0.25, 0.3) is 5.76 Å². The van der Waals surface area contributed by atoms with Gasteiger partial charge < -0.3 is 23.8 Å². The Morgan fingerprint density at radius 1 is 1.05 bits per heavy atom. The number of aryl methyl sites for hydroxylation is 1. The molecule has 9 nitrogen and oxygen atoms in total. The first kappa shape index (κ1) is 25.8. The van der Waals surface area contributed by atoms with Crippen molar-refractivity contribution in [2.45, 2.75) is 39.7 Å². The van der Waals surface area contributed by atoms with Crippen LogP contribution in [0, 0.1) is 6.92 Å². The molecule has 9 heteroatoms. The highest BCUT2D eigenvalue weighted by atomic mass is 16.5. The number of rotatable bonds is 10. The van der Waals surface area contributed by atoms with E-state index in [1.165, 1.54) is 12.0 Å². The molecule has 0 aliphatic carbocycles. The molecule has 3 aromatic rings. The van der Waals surface area contributed by atoms with Crippen LogP contribution in [0.15, 0.2) is 58.6 Å². The monoisotopic (exact) mass is 506 g/mol. The van der Waals surface area contributed by atoms with Gasteiger partial charge in [-0.1, -0.05) is 24.6 Å². The lowest BCUT2D eigenvalue weighted by molar-refractivity contribution is -0.132. The first-order valence-electron chi connectivity index (χ1n) is 12.2. The van der Waals surface area contributed by atoms with Crippen molar-refractivity contribution in [2.24, 2.45) is 0 Å². The van der Waals surface area contributed by atoms with Gasteiger partial charge in [0, 0.05) is 11.6 Å². The predicted molar refractivity (Wildman–Crippen MR) is 137 cm³/mol. The molecule has 2 aromatic carbocycles. The number of Topliss-reactive ketones (excluding diaryl/α,β-unsaturated/α-hetero) is 1. The van der Waals surface area contributed by atoms with E-state index in [2.05, 4.69) is 12.1 Å². The first-order chi connectivity index (χ1) is 17.9. The third-order valence-corrected chi connectivity index (χ3v) is 6.00. The molecule has 37 heavy (non-hydrogen) atoms. The number of hydrogen-bond donors (Lipinski definition) is 1. The largest absolute Gasteiger partial charge is 0.507 e. The maximum atomic E-state index is 13.3. The number of ether oxygens (including phenoxy) is 3. The van der Waals surface area contributed by atoms with Crippen molar-refractivity contribution in [3.8, 4) is 17.2 Å². The summed E-state index contributed by atoms with van der Waals surface area (Å²) in [7, 11) is 1.52. The Bertz CT molecular complexity index is 1310. The third kappa shape index (κ3) is 5.16. The number of nitrogens with zero attached hydrogens (tertiary/aromatic N) is 2. The van der Waals surface area contributed by atoms with Crippen molar-refractivity contribution in [1.29, 1.82) is 0 Å². The summed E-state index contributed by atoms with van der Waals surface area (Å²) in [5.74, 6) is 0.273. The number of carbonyl (C=O) groups excluding carboxylic acids is 2. The van der Waals surface area contributed by atoms with Crippen LogP contribution < -0.4 is 19.1 Å². The molecule has 0 saturated carbocycles. The summed E-state index contributed by atoms with van der Waals surface area (Å²) in [6.07, 6.45) is 1.87. The molecule has 1 N–H and O–H groups in total. The Labute approximate surface area is 215 Å². The predicted octanol–water partition coefficient (Wildman–Crippen LogP) is 5.20. The number of methoxy groups -OCH3 is 1. The second-order valence-corrected chi connectivity index (χ2v) is 8.53. The summed E-state index contributed by atoms with van der Waals surface area (Å²) in [6.45, 7) is 6.65. The Kier molecular flexibility index (Phi) is 7.81. The summed E-state index contributed by atoms with van der Waals surface area (Å²) < 4.78 is 22.1. The van der Waals surface area contributed by atoms with E-state index in [0.29, 0.717) is 47.3 Å². The smallest absolute Gasteiger partial charge is 0.301 e. The molecule has 0 spiro atoms. The minimum absolute atomic E-state index is 0.0727. The molecule has 1 aromatic heterocycles. The van der Waals surface area contributed by atoms with E-state index in [0.717, 1.165) is 12.8 Å².